The van der Waals surface area contributed by atoms with Crippen molar-refractivity contribution in [1.29, 1.82) is 0 Å². The number of amides is 5. The minimum atomic E-state index is -0.679. The maximum atomic E-state index is 14.1. The second kappa shape index (κ2) is 24.9. The number of aryl methyl sites for hydroxylation is 1. The van der Waals surface area contributed by atoms with Gasteiger partial charge in [-0.3, -0.25) is 28.7 Å². The minimum Gasteiger partial charge on any atom is -0.436 e. The van der Waals surface area contributed by atoms with Gasteiger partial charge < -0.3 is 49.4 Å². The van der Waals surface area contributed by atoms with Crippen LogP contribution in [0, 0.1) is 12.3 Å². The Hall–Kier alpha value is -7.50. The number of carbonyl (C=O) groups excluding carboxylic acids is 6. The van der Waals surface area contributed by atoms with E-state index < -0.39 is 18.2 Å². The fourth-order valence-electron chi connectivity index (χ4n) is 9.77. The Morgan fingerprint density at radius 1 is 0.782 bits per heavy atom. The Kier molecular flexibility index (Phi) is 17.6. The summed E-state index contributed by atoms with van der Waals surface area (Å²) in [6.07, 6.45) is 3.65. The maximum Gasteiger partial charge on any atom is 0.410 e. The summed E-state index contributed by atoms with van der Waals surface area (Å²) >= 11 is 3.36. The van der Waals surface area contributed by atoms with Crippen molar-refractivity contribution >= 4 is 68.2 Å². The van der Waals surface area contributed by atoms with Crippen molar-refractivity contribution < 1.29 is 52.5 Å². The first-order valence-corrected chi connectivity index (χ1v) is 26.5. The summed E-state index contributed by atoms with van der Waals surface area (Å²) in [5.74, 6) is -0.711. The molecule has 2 fully saturated rings. The van der Waals surface area contributed by atoms with Crippen LogP contribution in [-0.4, -0.2) is 155 Å². The van der Waals surface area contributed by atoms with E-state index in [9.17, 15) is 28.8 Å². The number of aromatic nitrogens is 5. The zero-order valence-corrected chi connectivity index (χ0v) is 45.4. The zero-order chi connectivity index (χ0) is 54.9. The molecule has 9 rings (SSSR count). The number of hydrogen-bond donors (Lipinski definition) is 3. The standard InChI is InChI=1S/C56H61BrN10O11/c1-34-13-16-46(57)62-53(34)63-54(72)44-26-56(3)27-45(56)67(44)50(71)31-66-43-15-14-36(25-42(43)51(64-66)35(2)68)37-28-59-47(60-29-37)30-61-49(70)33-77-23-21-74-19-17-58-48(69)32-76-24-22-75-20-18-65(4)55(73)78-52-40-11-7-5-9-38(40)39-10-6-8-12-41(39)52/h5-16,25,28-29,44-45,52H,17-24,26-27,30-33H2,1-4H3,(H,58,69)(H,61,70)(H,62,63,72)/t44-,45+,56-/m0/s1. The van der Waals surface area contributed by atoms with Gasteiger partial charge in [-0.15, -0.1) is 0 Å². The van der Waals surface area contributed by atoms with Gasteiger partial charge in [0.05, 0.1) is 51.7 Å². The average Bonchev–Trinajstić information content (AvgIpc) is 3.41. The predicted molar refractivity (Wildman–Crippen MR) is 289 cm³/mol. The number of piperidine rings is 1. The summed E-state index contributed by atoms with van der Waals surface area (Å²) in [5, 5.41) is 13.5. The highest BCUT2D eigenvalue weighted by Gasteiger charge is 2.64. The first-order valence-electron chi connectivity index (χ1n) is 25.7. The van der Waals surface area contributed by atoms with E-state index in [0.29, 0.717) is 45.7 Å². The van der Waals surface area contributed by atoms with Crippen molar-refractivity contribution in [2.75, 3.05) is 78.3 Å². The smallest absolute Gasteiger partial charge is 0.410 e. The predicted octanol–water partition coefficient (Wildman–Crippen LogP) is 5.82. The van der Waals surface area contributed by atoms with Gasteiger partial charge in [-0.05, 0) is 81.6 Å². The van der Waals surface area contributed by atoms with Crippen LogP contribution in [-0.2, 0) is 56.0 Å². The summed E-state index contributed by atoms with van der Waals surface area (Å²) in [7, 11) is 1.66. The Bertz CT molecular complexity index is 3160. The van der Waals surface area contributed by atoms with Crippen LogP contribution in [0.25, 0.3) is 33.2 Å². The van der Waals surface area contributed by atoms with Crippen molar-refractivity contribution in [2.24, 2.45) is 5.41 Å². The van der Waals surface area contributed by atoms with Gasteiger partial charge in [-0.1, -0.05) is 67.6 Å². The second-order valence-corrected chi connectivity index (χ2v) is 20.5. The Balaban J connectivity index is 0.622. The highest BCUT2D eigenvalue weighted by molar-refractivity contribution is 9.10. The van der Waals surface area contributed by atoms with Gasteiger partial charge >= 0.3 is 6.09 Å². The van der Waals surface area contributed by atoms with E-state index in [1.807, 2.05) is 73.7 Å². The molecule has 21 nitrogen and oxygen atoms in total. The summed E-state index contributed by atoms with van der Waals surface area (Å²) in [6, 6.07) is 24.2. The number of rotatable bonds is 25. The van der Waals surface area contributed by atoms with Gasteiger partial charge in [0.1, 0.15) is 47.7 Å². The number of hydrogen-bond acceptors (Lipinski definition) is 15. The number of likely N-dealkylation sites (tertiary alicyclic amines) is 1. The number of benzene rings is 3. The molecule has 78 heavy (non-hydrogen) atoms. The third-order valence-corrected chi connectivity index (χ3v) is 14.5. The number of anilines is 1. The molecule has 0 bridgehead atoms. The number of carbonyl (C=O) groups is 6. The molecule has 1 saturated carbocycles. The number of Topliss-reactive ketones (excluding diaryl/α,β-unsaturated/α-hetero) is 1. The van der Waals surface area contributed by atoms with E-state index >= 15 is 0 Å². The van der Waals surface area contributed by atoms with Crippen LogP contribution in [0.2, 0.25) is 0 Å². The number of likely N-dealkylation sites (N-methyl/N-ethyl adjacent to an activating group) is 1. The van der Waals surface area contributed by atoms with Gasteiger partial charge in [0, 0.05) is 67.6 Å². The molecule has 2 aliphatic carbocycles. The molecular weight excluding hydrogens is 1070 g/mol. The average molecular weight is 1130 g/mol. The van der Waals surface area contributed by atoms with Gasteiger partial charge in [-0.2, -0.15) is 5.10 Å². The van der Waals surface area contributed by atoms with Crippen LogP contribution in [0.4, 0.5) is 10.6 Å². The van der Waals surface area contributed by atoms with Crippen molar-refractivity contribution in [1.82, 2.24) is 45.2 Å². The molecule has 1 saturated heterocycles. The summed E-state index contributed by atoms with van der Waals surface area (Å²) in [5.41, 5.74) is 6.87. The SMILES string of the molecule is CC(=O)c1nn(CC(=O)N2[C@H](C(=O)Nc3nc(Br)ccc3C)C[C@@]3(C)C[C@@H]23)c2ccc(-c3cnc(CNC(=O)COCCOCCNC(=O)COCCOCCN(C)C(=O)OC4c5ccccc5-c5ccccc54)nc3)cc12. The molecule has 4 heterocycles. The molecule has 3 N–H and O–H groups in total. The molecule has 3 atom stereocenters. The lowest BCUT2D eigenvalue weighted by Gasteiger charge is -2.27. The van der Waals surface area contributed by atoms with Crippen LogP contribution >= 0.6 is 15.9 Å². The molecule has 0 radical (unpaired) electrons. The van der Waals surface area contributed by atoms with E-state index in [0.717, 1.165) is 39.8 Å². The van der Waals surface area contributed by atoms with Gasteiger partial charge in [0.25, 0.3) is 0 Å². The van der Waals surface area contributed by atoms with Crippen LogP contribution in [0.15, 0.2) is 95.9 Å². The largest absolute Gasteiger partial charge is 0.436 e. The van der Waals surface area contributed by atoms with Crippen LogP contribution in [0.5, 0.6) is 0 Å². The monoisotopic (exact) mass is 1130 g/mol. The molecule has 0 unspecified atom stereocenters. The molecular formula is C56H61BrN10O11. The molecule has 3 aromatic heterocycles. The number of pyridine rings is 1. The first kappa shape index (κ1) is 55.3. The quantitative estimate of drug-likeness (QED) is 0.0347. The number of ketones is 1. The number of halogens is 1. The van der Waals surface area contributed by atoms with Crippen molar-refractivity contribution in [3.05, 3.63) is 124 Å². The minimum absolute atomic E-state index is 0.0622. The summed E-state index contributed by atoms with van der Waals surface area (Å²) in [4.78, 5) is 94.5. The van der Waals surface area contributed by atoms with Crippen LogP contribution in [0.1, 0.15) is 65.8 Å². The number of nitrogens with one attached hydrogen (secondary N) is 3. The lowest BCUT2D eigenvalue weighted by Crippen LogP contribution is -2.47. The van der Waals surface area contributed by atoms with Gasteiger partial charge in [0.2, 0.25) is 23.6 Å². The topological polar surface area (TPSA) is 248 Å². The van der Waals surface area contributed by atoms with E-state index in [1.165, 1.54) is 16.5 Å². The molecule has 6 aromatic rings. The van der Waals surface area contributed by atoms with E-state index in [1.54, 1.807) is 36.5 Å². The highest BCUT2D eigenvalue weighted by atomic mass is 79.9. The lowest BCUT2D eigenvalue weighted by molar-refractivity contribution is -0.138. The third-order valence-electron chi connectivity index (χ3n) is 14.0. The number of fused-ring (bicyclic) bond motifs is 5. The van der Waals surface area contributed by atoms with Crippen molar-refractivity contribution in [2.45, 2.75) is 64.9 Å². The highest BCUT2D eigenvalue weighted by Crippen LogP contribution is 2.59. The molecule has 22 heteroatoms. The van der Waals surface area contributed by atoms with E-state index in [2.05, 4.69) is 58.9 Å². The fourth-order valence-corrected chi connectivity index (χ4v) is 10.1. The zero-order valence-electron chi connectivity index (χ0n) is 43.8. The van der Waals surface area contributed by atoms with Crippen LogP contribution in [0.3, 0.4) is 0 Å². The summed E-state index contributed by atoms with van der Waals surface area (Å²) < 4.78 is 29.9. The Labute approximate surface area is 458 Å². The van der Waals surface area contributed by atoms with Crippen molar-refractivity contribution in [3.63, 3.8) is 0 Å². The van der Waals surface area contributed by atoms with Gasteiger partial charge in [-0.25, -0.2) is 19.7 Å². The van der Waals surface area contributed by atoms with E-state index in [4.69, 9.17) is 23.7 Å². The fraction of sp³-hybridized carbons (Fsp3) is 0.393. The normalized spacial score (nSPS) is 17.0. The Morgan fingerprint density at radius 3 is 2.13 bits per heavy atom. The van der Waals surface area contributed by atoms with E-state index in [-0.39, 0.29) is 119 Å². The molecule has 1 aliphatic heterocycles. The molecule has 5 amide bonds. The van der Waals surface area contributed by atoms with Gasteiger partial charge in [0.15, 0.2) is 11.9 Å². The number of nitrogens with zero attached hydrogens (tertiary/aromatic N) is 7. The molecule has 3 aliphatic rings. The second-order valence-electron chi connectivity index (χ2n) is 19.7. The number of ether oxygens (including phenoxy) is 5. The third kappa shape index (κ3) is 13.1. The maximum absolute atomic E-state index is 14.1. The lowest BCUT2D eigenvalue weighted by atomic mass is 10.0. The molecule has 3 aromatic carbocycles. The van der Waals surface area contributed by atoms with Crippen molar-refractivity contribution in [3.8, 4) is 22.3 Å². The molecule has 0 spiro atoms. The molecule has 408 valence electrons. The van der Waals surface area contributed by atoms with Crippen LogP contribution < -0.4 is 16.0 Å². The first-order chi connectivity index (χ1) is 37.7. The Morgan fingerprint density at radius 2 is 1.44 bits per heavy atom. The summed E-state index contributed by atoms with van der Waals surface area (Å²) in [6.45, 7) is 6.80.